The molecule has 1 N–H and O–H groups in total. The van der Waals surface area contributed by atoms with Crippen LogP contribution in [0.15, 0.2) is 36.8 Å². The van der Waals surface area contributed by atoms with Crippen molar-refractivity contribution in [2.24, 2.45) is 5.41 Å². The number of nitrogens with one attached hydrogen (secondary N) is 1. The van der Waals surface area contributed by atoms with Crippen LogP contribution in [0, 0.1) is 5.41 Å². The normalized spacial score (nSPS) is 16.7. The lowest BCUT2D eigenvalue weighted by Gasteiger charge is -2.54. The summed E-state index contributed by atoms with van der Waals surface area (Å²) in [5.74, 6) is 1.44. The van der Waals surface area contributed by atoms with Gasteiger partial charge in [-0.05, 0) is 18.9 Å². The van der Waals surface area contributed by atoms with E-state index < -0.39 is 19.6 Å². The van der Waals surface area contributed by atoms with Gasteiger partial charge in [0.2, 0.25) is 5.91 Å². The SMILES string of the molecule is CC(=O)N1CCC2(CC1)CN(c1cc(Nc3cc(OC(F)F)ccn3)nc(-c3cnn(CC(F)F)c3)n1)C2. The van der Waals surface area contributed by atoms with Gasteiger partial charge in [-0.3, -0.25) is 9.48 Å². The van der Waals surface area contributed by atoms with Crippen molar-refractivity contribution < 1.29 is 27.1 Å². The quantitative estimate of drug-likeness (QED) is 0.436. The van der Waals surface area contributed by atoms with Crippen LogP contribution in [0.4, 0.5) is 35.0 Å². The fourth-order valence-corrected chi connectivity index (χ4v) is 4.83. The summed E-state index contributed by atoms with van der Waals surface area (Å²) in [6.45, 7) is 0.972. The highest BCUT2D eigenvalue weighted by Gasteiger charge is 2.45. The van der Waals surface area contributed by atoms with E-state index in [2.05, 4.69) is 35.0 Å². The van der Waals surface area contributed by atoms with Crippen molar-refractivity contribution in [1.82, 2.24) is 29.6 Å². The zero-order valence-corrected chi connectivity index (χ0v) is 20.5. The lowest BCUT2D eigenvalue weighted by Crippen LogP contribution is -2.61. The van der Waals surface area contributed by atoms with E-state index in [0.29, 0.717) is 17.2 Å². The highest BCUT2D eigenvalue weighted by Crippen LogP contribution is 2.43. The van der Waals surface area contributed by atoms with Crippen LogP contribution < -0.4 is 15.0 Å². The fraction of sp³-hybridized carbons (Fsp3) is 0.458. The number of aromatic nitrogens is 5. The van der Waals surface area contributed by atoms with E-state index in [-0.39, 0.29) is 28.7 Å². The summed E-state index contributed by atoms with van der Waals surface area (Å²) in [6.07, 6.45) is 3.41. The topological polar surface area (TPSA) is 101 Å². The molecule has 1 spiro atoms. The Morgan fingerprint density at radius 1 is 1.13 bits per heavy atom. The van der Waals surface area contributed by atoms with E-state index in [9.17, 15) is 22.4 Å². The molecule has 0 saturated carbocycles. The van der Waals surface area contributed by atoms with Crippen molar-refractivity contribution in [3.05, 3.63) is 36.8 Å². The van der Waals surface area contributed by atoms with Gasteiger partial charge in [0.15, 0.2) is 5.82 Å². The summed E-state index contributed by atoms with van der Waals surface area (Å²) in [5, 5.41) is 6.97. The molecular weight excluding hydrogens is 508 g/mol. The number of carbonyl (C=O) groups is 1. The maximum atomic E-state index is 12.8. The van der Waals surface area contributed by atoms with Crippen molar-refractivity contribution in [2.45, 2.75) is 39.3 Å². The van der Waals surface area contributed by atoms with E-state index >= 15 is 0 Å². The van der Waals surface area contributed by atoms with E-state index in [1.165, 1.54) is 30.7 Å². The molecule has 2 saturated heterocycles. The van der Waals surface area contributed by atoms with Gasteiger partial charge >= 0.3 is 6.61 Å². The Labute approximate surface area is 215 Å². The largest absolute Gasteiger partial charge is 0.435 e. The first-order valence-corrected chi connectivity index (χ1v) is 12.1. The number of piperidine rings is 1. The third-order valence-electron chi connectivity index (χ3n) is 6.79. The molecule has 1 amide bonds. The summed E-state index contributed by atoms with van der Waals surface area (Å²) in [5.41, 5.74) is 0.540. The van der Waals surface area contributed by atoms with Crippen molar-refractivity contribution in [3.8, 4) is 17.1 Å². The van der Waals surface area contributed by atoms with Gasteiger partial charge in [0.05, 0.1) is 11.8 Å². The third kappa shape index (κ3) is 5.78. The number of alkyl halides is 4. The molecule has 0 bridgehead atoms. The first kappa shape index (κ1) is 25.7. The summed E-state index contributed by atoms with van der Waals surface area (Å²) >= 11 is 0. The van der Waals surface area contributed by atoms with Crippen molar-refractivity contribution in [1.29, 1.82) is 0 Å². The molecule has 0 radical (unpaired) electrons. The molecule has 2 aliphatic heterocycles. The molecule has 5 rings (SSSR count). The number of rotatable bonds is 8. The molecule has 3 aromatic heterocycles. The zero-order chi connectivity index (χ0) is 26.9. The van der Waals surface area contributed by atoms with Gasteiger partial charge in [0.25, 0.3) is 6.43 Å². The van der Waals surface area contributed by atoms with E-state index in [1.807, 2.05) is 4.90 Å². The molecule has 202 valence electrons. The van der Waals surface area contributed by atoms with Crippen LogP contribution in [-0.4, -0.2) is 74.8 Å². The molecule has 0 atom stereocenters. The summed E-state index contributed by atoms with van der Waals surface area (Å²) in [7, 11) is 0. The van der Waals surface area contributed by atoms with Crippen molar-refractivity contribution in [2.75, 3.05) is 36.4 Å². The third-order valence-corrected chi connectivity index (χ3v) is 6.79. The molecule has 2 fully saturated rings. The number of amides is 1. The Hall–Kier alpha value is -3.97. The average Bonchev–Trinajstić information content (AvgIpc) is 3.30. The highest BCUT2D eigenvalue weighted by molar-refractivity contribution is 5.73. The molecule has 14 heteroatoms. The number of pyridine rings is 1. The number of anilines is 3. The van der Waals surface area contributed by atoms with Crippen molar-refractivity contribution in [3.63, 3.8) is 0 Å². The maximum absolute atomic E-state index is 12.8. The highest BCUT2D eigenvalue weighted by atomic mass is 19.3. The van der Waals surface area contributed by atoms with Gasteiger partial charge in [-0.15, -0.1) is 0 Å². The molecule has 10 nitrogen and oxygen atoms in total. The summed E-state index contributed by atoms with van der Waals surface area (Å²) in [4.78, 5) is 28.9. The number of nitrogens with zero attached hydrogens (tertiary/aromatic N) is 7. The summed E-state index contributed by atoms with van der Waals surface area (Å²) in [6, 6.07) is 4.34. The van der Waals surface area contributed by atoms with Gasteiger partial charge in [0.1, 0.15) is 29.7 Å². The van der Waals surface area contributed by atoms with Gasteiger partial charge in [-0.2, -0.15) is 13.9 Å². The minimum Gasteiger partial charge on any atom is -0.435 e. The van der Waals surface area contributed by atoms with Crippen LogP contribution in [-0.2, 0) is 11.3 Å². The van der Waals surface area contributed by atoms with E-state index in [0.717, 1.165) is 43.7 Å². The predicted molar refractivity (Wildman–Crippen MR) is 130 cm³/mol. The first-order valence-electron chi connectivity index (χ1n) is 12.1. The minimum absolute atomic E-state index is 0.0677. The molecule has 0 aliphatic carbocycles. The van der Waals surface area contributed by atoms with Crippen LogP contribution in [0.2, 0.25) is 0 Å². The standard InChI is InChI=1S/C24H26F4N8O2/c1-15(37)34-6-3-24(4-7-34)13-35(14-24)21-9-20(31-19-8-17(2-5-29-19)38-23(27)28)32-22(33-21)16-10-30-36(11-16)12-18(25)26/h2,5,8-11,18,23H,3-4,6-7,12-14H2,1H3,(H,29,31,32,33). The second kappa shape index (κ2) is 10.4. The molecule has 5 heterocycles. The Morgan fingerprint density at radius 2 is 1.89 bits per heavy atom. The molecule has 0 aromatic carbocycles. The predicted octanol–water partition coefficient (Wildman–Crippen LogP) is 3.79. The Morgan fingerprint density at radius 3 is 2.58 bits per heavy atom. The van der Waals surface area contributed by atoms with E-state index in [4.69, 9.17) is 0 Å². The number of likely N-dealkylation sites (tertiary alicyclic amines) is 1. The molecular formula is C24H26F4N8O2. The number of halogens is 4. The lowest BCUT2D eigenvalue weighted by atomic mass is 9.72. The van der Waals surface area contributed by atoms with Gasteiger partial charge in [-0.25, -0.2) is 23.7 Å². The number of hydrogen-bond acceptors (Lipinski definition) is 8. The molecule has 38 heavy (non-hydrogen) atoms. The molecule has 0 unspecified atom stereocenters. The second-order valence-corrected chi connectivity index (χ2v) is 9.52. The Kier molecular flexibility index (Phi) is 7.04. The number of ether oxygens (including phenoxy) is 1. The van der Waals surface area contributed by atoms with E-state index in [1.54, 1.807) is 13.0 Å². The van der Waals surface area contributed by atoms with Gasteiger partial charge < -0.3 is 19.9 Å². The van der Waals surface area contributed by atoms with Crippen LogP contribution in [0.3, 0.4) is 0 Å². The lowest BCUT2D eigenvalue weighted by molar-refractivity contribution is -0.131. The van der Waals surface area contributed by atoms with Crippen LogP contribution in [0.5, 0.6) is 5.75 Å². The van der Waals surface area contributed by atoms with Crippen LogP contribution in [0.1, 0.15) is 19.8 Å². The van der Waals surface area contributed by atoms with Crippen molar-refractivity contribution >= 4 is 23.4 Å². The minimum atomic E-state index is -2.98. The van der Waals surface area contributed by atoms with Gasteiger partial charge in [0, 0.05) is 63.0 Å². The first-order chi connectivity index (χ1) is 18.2. The van der Waals surface area contributed by atoms with Gasteiger partial charge in [-0.1, -0.05) is 0 Å². The second-order valence-electron chi connectivity index (χ2n) is 9.52. The smallest absolute Gasteiger partial charge is 0.387 e. The average molecular weight is 535 g/mol. The maximum Gasteiger partial charge on any atom is 0.387 e. The monoisotopic (exact) mass is 534 g/mol. The Bertz CT molecular complexity index is 1290. The fourth-order valence-electron chi connectivity index (χ4n) is 4.83. The molecule has 2 aliphatic rings. The van der Waals surface area contributed by atoms with Crippen LogP contribution >= 0.6 is 0 Å². The van der Waals surface area contributed by atoms with Crippen LogP contribution in [0.25, 0.3) is 11.4 Å². The number of carbonyl (C=O) groups excluding carboxylic acids is 1. The summed E-state index contributed by atoms with van der Waals surface area (Å²) < 4.78 is 56.5. The zero-order valence-electron chi connectivity index (χ0n) is 20.5. The Balaban J connectivity index is 1.39. The molecule has 3 aromatic rings. The number of hydrogen-bond donors (Lipinski definition) is 1.